The van der Waals surface area contributed by atoms with Crippen LogP contribution in [0.5, 0.6) is 0 Å². The molecule has 1 fully saturated rings. The fourth-order valence-corrected chi connectivity index (χ4v) is 4.02. The highest BCUT2D eigenvalue weighted by Gasteiger charge is 2.37. The molecule has 0 aliphatic carbocycles. The summed E-state index contributed by atoms with van der Waals surface area (Å²) >= 11 is 3.33. The van der Waals surface area contributed by atoms with Crippen LogP contribution in [0.1, 0.15) is 6.42 Å². The van der Waals surface area contributed by atoms with E-state index in [2.05, 4.69) is 15.9 Å². The van der Waals surface area contributed by atoms with Crippen molar-refractivity contribution in [2.45, 2.75) is 11.7 Å². The van der Waals surface area contributed by atoms with Gasteiger partial charge in [0.05, 0.1) is 10.9 Å². The van der Waals surface area contributed by atoms with Gasteiger partial charge in [-0.15, -0.1) is 0 Å². The van der Waals surface area contributed by atoms with Gasteiger partial charge in [-0.2, -0.15) is 0 Å². The van der Waals surface area contributed by atoms with Crippen molar-refractivity contribution in [1.29, 1.82) is 0 Å². The van der Waals surface area contributed by atoms with Crippen molar-refractivity contribution in [3.05, 3.63) is 28.7 Å². The third-order valence-corrected chi connectivity index (χ3v) is 5.51. The van der Waals surface area contributed by atoms with Gasteiger partial charge in [0, 0.05) is 17.6 Å². The number of halogens is 1. The Bertz CT molecular complexity index is 489. The zero-order chi connectivity index (χ0) is 11.8. The van der Waals surface area contributed by atoms with Gasteiger partial charge in [0.25, 0.3) is 0 Å². The molecule has 1 saturated heterocycles. The molecule has 0 bridgehead atoms. The lowest BCUT2D eigenvalue weighted by molar-refractivity contribution is 0.588. The lowest BCUT2D eigenvalue weighted by Crippen LogP contribution is -2.33. The van der Waals surface area contributed by atoms with Crippen LogP contribution in [0.2, 0.25) is 0 Å². The first-order chi connectivity index (χ1) is 7.55. The fraction of sp³-hybridized carbons (Fsp3) is 0.400. The van der Waals surface area contributed by atoms with Gasteiger partial charge < -0.3 is 5.73 Å². The molecule has 2 N–H and O–H groups in total. The zero-order valence-corrected chi connectivity index (χ0v) is 11.0. The van der Waals surface area contributed by atoms with E-state index in [0.717, 1.165) is 4.47 Å². The molecule has 0 amide bonds. The van der Waals surface area contributed by atoms with E-state index in [-0.39, 0.29) is 6.54 Å². The molecule has 0 saturated carbocycles. The highest BCUT2D eigenvalue weighted by atomic mass is 79.9. The number of anilines is 1. The van der Waals surface area contributed by atoms with Gasteiger partial charge in [-0.1, -0.05) is 22.0 Å². The van der Waals surface area contributed by atoms with Crippen LogP contribution in [0.25, 0.3) is 0 Å². The largest absolute Gasteiger partial charge is 0.329 e. The highest BCUT2D eigenvalue weighted by Crippen LogP contribution is 2.29. The highest BCUT2D eigenvalue weighted by molar-refractivity contribution is 9.10. The molecule has 0 aromatic heterocycles. The second-order valence-corrected chi connectivity index (χ2v) is 6.80. The maximum absolute atomic E-state index is 12.1. The molecule has 0 radical (unpaired) electrons. The molecule has 4 nitrogen and oxygen atoms in total. The predicted octanol–water partition coefficient (Wildman–Crippen LogP) is 1.32. The second kappa shape index (κ2) is 4.35. The number of nitrogens with two attached hydrogens (primary N) is 1. The van der Waals surface area contributed by atoms with Gasteiger partial charge in [-0.25, -0.2) is 8.42 Å². The lowest BCUT2D eigenvalue weighted by Gasteiger charge is -2.18. The third kappa shape index (κ3) is 1.97. The SMILES string of the molecule is NC[C@H]1CCN(c2cccc(Br)c2)S1(=O)=O. The molecule has 16 heavy (non-hydrogen) atoms. The minimum Gasteiger partial charge on any atom is -0.329 e. The monoisotopic (exact) mass is 304 g/mol. The van der Waals surface area contributed by atoms with Gasteiger partial charge in [-0.3, -0.25) is 4.31 Å². The number of sulfonamides is 1. The minimum atomic E-state index is -3.26. The summed E-state index contributed by atoms with van der Waals surface area (Å²) in [5, 5.41) is -0.438. The van der Waals surface area contributed by atoms with Crippen LogP contribution in [0, 0.1) is 0 Å². The van der Waals surface area contributed by atoms with Crippen molar-refractivity contribution in [1.82, 2.24) is 0 Å². The first kappa shape index (κ1) is 11.9. The quantitative estimate of drug-likeness (QED) is 0.896. The molecule has 6 heteroatoms. The fourth-order valence-electron chi connectivity index (χ4n) is 1.86. The number of hydrogen-bond donors (Lipinski definition) is 1. The Kier molecular flexibility index (Phi) is 3.23. The molecule has 1 heterocycles. The van der Waals surface area contributed by atoms with E-state index in [4.69, 9.17) is 5.73 Å². The standard InChI is InChI=1S/C10H13BrN2O2S/c11-8-2-1-3-9(6-8)13-5-4-10(7-12)16(13,14)15/h1-3,6,10H,4-5,7,12H2/t10-/m1/s1. The zero-order valence-electron chi connectivity index (χ0n) is 8.64. The van der Waals surface area contributed by atoms with Gasteiger partial charge in [0.2, 0.25) is 10.0 Å². The maximum Gasteiger partial charge on any atom is 0.239 e. The number of benzene rings is 1. The van der Waals surface area contributed by atoms with Crippen LogP contribution in [0.3, 0.4) is 0 Å². The molecule has 88 valence electrons. The number of rotatable bonds is 2. The van der Waals surface area contributed by atoms with E-state index < -0.39 is 15.3 Å². The summed E-state index contributed by atoms with van der Waals surface area (Å²) in [7, 11) is -3.26. The normalized spacial score (nSPS) is 23.6. The molecular formula is C10H13BrN2O2S. The Labute approximate surface area is 104 Å². The van der Waals surface area contributed by atoms with Crippen molar-refractivity contribution in [2.75, 3.05) is 17.4 Å². The Morgan fingerprint density at radius 2 is 2.25 bits per heavy atom. The van der Waals surface area contributed by atoms with Gasteiger partial charge in [-0.05, 0) is 24.6 Å². The van der Waals surface area contributed by atoms with E-state index in [1.807, 2.05) is 12.1 Å². The van der Waals surface area contributed by atoms with E-state index in [1.54, 1.807) is 12.1 Å². The molecule has 2 rings (SSSR count). The average molecular weight is 305 g/mol. The van der Waals surface area contributed by atoms with Gasteiger partial charge in [0.1, 0.15) is 0 Å². The molecular weight excluding hydrogens is 292 g/mol. The Morgan fingerprint density at radius 1 is 1.50 bits per heavy atom. The smallest absolute Gasteiger partial charge is 0.239 e. The Balaban J connectivity index is 2.37. The summed E-state index contributed by atoms with van der Waals surface area (Å²) < 4.78 is 26.4. The summed E-state index contributed by atoms with van der Waals surface area (Å²) in [5.41, 5.74) is 6.16. The molecule has 1 aromatic rings. The average Bonchev–Trinajstić information content (AvgIpc) is 2.53. The minimum absolute atomic E-state index is 0.187. The number of hydrogen-bond acceptors (Lipinski definition) is 3. The van der Waals surface area contributed by atoms with E-state index in [0.29, 0.717) is 18.7 Å². The van der Waals surface area contributed by atoms with Crippen LogP contribution in [0.4, 0.5) is 5.69 Å². The molecule has 1 aliphatic heterocycles. The van der Waals surface area contributed by atoms with E-state index >= 15 is 0 Å². The van der Waals surface area contributed by atoms with Crippen molar-refractivity contribution < 1.29 is 8.42 Å². The van der Waals surface area contributed by atoms with E-state index in [1.165, 1.54) is 4.31 Å². The van der Waals surface area contributed by atoms with Crippen LogP contribution in [-0.4, -0.2) is 26.8 Å². The van der Waals surface area contributed by atoms with Crippen molar-refractivity contribution in [2.24, 2.45) is 5.73 Å². The van der Waals surface area contributed by atoms with Crippen LogP contribution in [-0.2, 0) is 10.0 Å². The summed E-state index contributed by atoms with van der Waals surface area (Å²) in [6.45, 7) is 0.702. The summed E-state index contributed by atoms with van der Waals surface area (Å²) in [5.74, 6) is 0. The molecule has 1 aromatic carbocycles. The molecule has 1 aliphatic rings. The second-order valence-electron chi connectivity index (χ2n) is 3.74. The van der Waals surface area contributed by atoms with Crippen LogP contribution >= 0.6 is 15.9 Å². The molecule has 0 unspecified atom stereocenters. The predicted molar refractivity (Wildman–Crippen MR) is 67.9 cm³/mol. The first-order valence-electron chi connectivity index (χ1n) is 5.03. The summed E-state index contributed by atoms with van der Waals surface area (Å²) in [4.78, 5) is 0. The van der Waals surface area contributed by atoms with E-state index in [9.17, 15) is 8.42 Å². The van der Waals surface area contributed by atoms with Crippen molar-refractivity contribution >= 4 is 31.6 Å². The number of nitrogens with zero attached hydrogens (tertiary/aromatic N) is 1. The maximum atomic E-state index is 12.1. The van der Waals surface area contributed by atoms with Crippen LogP contribution in [0.15, 0.2) is 28.7 Å². The van der Waals surface area contributed by atoms with Gasteiger partial charge >= 0.3 is 0 Å². The van der Waals surface area contributed by atoms with Crippen molar-refractivity contribution in [3.63, 3.8) is 0 Å². The third-order valence-electron chi connectivity index (χ3n) is 2.74. The van der Waals surface area contributed by atoms with Crippen molar-refractivity contribution in [3.8, 4) is 0 Å². The molecule has 1 atom stereocenters. The topological polar surface area (TPSA) is 63.4 Å². The van der Waals surface area contributed by atoms with Gasteiger partial charge in [0.15, 0.2) is 0 Å². The Morgan fingerprint density at radius 3 is 2.81 bits per heavy atom. The molecule has 0 spiro atoms. The Hall–Kier alpha value is -0.590. The summed E-state index contributed by atoms with van der Waals surface area (Å²) in [6, 6.07) is 7.29. The lowest BCUT2D eigenvalue weighted by atomic mass is 10.3. The summed E-state index contributed by atoms with van der Waals surface area (Å²) in [6.07, 6.45) is 0.603. The first-order valence-corrected chi connectivity index (χ1v) is 7.32. The van der Waals surface area contributed by atoms with Crippen LogP contribution < -0.4 is 10.0 Å².